The SMILES string of the molecule is COc1ccc(C(N(C(=O)O)c2cc(C[C@H]3C(=O)N[C@@H]3C(N)=O)ccn2)C(C)(C)C)cc1. The predicted octanol–water partition coefficient (Wildman–Crippen LogP) is 2.50. The molecule has 0 saturated carbocycles. The van der Waals surface area contributed by atoms with Gasteiger partial charge in [-0.3, -0.25) is 14.5 Å². The van der Waals surface area contributed by atoms with Gasteiger partial charge in [0.1, 0.15) is 17.6 Å². The number of β-lactam (4-membered cyclic amide) rings is 1. The molecule has 4 N–H and O–H groups in total. The minimum Gasteiger partial charge on any atom is -0.497 e. The van der Waals surface area contributed by atoms with Crippen LogP contribution >= 0.6 is 0 Å². The number of ether oxygens (including phenoxy) is 1. The fourth-order valence-electron chi connectivity index (χ4n) is 4.03. The fraction of sp³-hybridized carbons (Fsp3) is 0.391. The molecule has 1 aromatic heterocycles. The van der Waals surface area contributed by atoms with Gasteiger partial charge in [0.05, 0.1) is 19.1 Å². The van der Waals surface area contributed by atoms with Gasteiger partial charge in [-0.25, -0.2) is 9.78 Å². The largest absolute Gasteiger partial charge is 0.497 e. The number of aromatic nitrogens is 1. The van der Waals surface area contributed by atoms with Gasteiger partial charge in [-0.15, -0.1) is 0 Å². The van der Waals surface area contributed by atoms with Crippen LogP contribution in [-0.2, 0) is 16.0 Å². The summed E-state index contributed by atoms with van der Waals surface area (Å²) in [7, 11) is 1.57. The molecule has 3 amide bonds. The van der Waals surface area contributed by atoms with Gasteiger partial charge >= 0.3 is 6.09 Å². The summed E-state index contributed by atoms with van der Waals surface area (Å²) < 4.78 is 5.22. The summed E-state index contributed by atoms with van der Waals surface area (Å²) in [6, 6.07) is 9.33. The highest BCUT2D eigenvalue weighted by molar-refractivity contribution is 5.98. The lowest BCUT2D eigenvalue weighted by Crippen LogP contribution is -2.64. The number of nitrogens with two attached hydrogens (primary N) is 1. The zero-order valence-electron chi connectivity index (χ0n) is 18.5. The second kappa shape index (κ2) is 8.86. The minimum absolute atomic E-state index is 0.237. The summed E-state index contributed by atoms with van der Waals surface area (Å²) in [5.74, 6) is -0.523. The van der Waals surface area contributed by atoms with Crippen LogP contribution in [0.4, 0.5) is 10.6 Å². The third-order valence-electron chi connectivity index (χ3n) is 5.57. The second-order valence-corrected chi connectivity index (χ2v) is 8.92. The van der Waals surface area contributed by atoms with E-state index in [9.17, 15) is 19.5 Å². The number of rotatable bonds is 7. The molecular formula is C23H28N4O5. The zero-order valence-corrected chi connectivity index (χ0v) is 18.5. The molecule has 1 aromatic carbocycles. The molecule has 0 radical (unpaired) electrons. The van der Waals surface area contributed by atoms with Crippen LogP contribution in [0.1, 0.15) is 37.9 Å². The maximum Gasteiger partial charge on any atom is 0.413 e. The monoisotopic (exact) mass is 440 g/mol. The van der Waals surface area contributed by atoms with Crippen molar-refractivity contribution in [1.82, 2.24) is 10.3 Å². The molecular weight excluding hydrogens is 412 g/mol. The quantitative estimate of drug-likeness (QED) is 0.566. The molecule has 1 saturated heterocycles. The molecule has 0 aliphatic carbocycles. The van der Waals surface area contributed by atoms with E-state index in [-0.39, 0.29) is 18.1 Å². The van der Waals surface area contributed by atoms with Gasteiger partial charge in [-0.2, -0.15) is 0 Å². The first-order valence-corrected chi connectivity index (χ1v) is 10.2. The van der Waals surface area contributed by atoms with Crippen molar-refractivity contribution >= 4 is 23.7 Å². The summed E-state index contributed by atoms with van der Waals surface area (Å²) in [6.45, 7) is 5.87. The summed E-state index contributed by atoms with van der Waals surface area (Å²) in [4.78, 5) is 41.4. The molecule has 2 aromatic rings. The van der Waals surface area contributed by atoms with Crippen molar-refractivity contribution in [1.29, 1.82) is 0 Å². The number of hydrogen-bond donors (Lipinski definition) is 3. The van der Waals surface area contributed by atoms with Crippen molar-refractivity contribution in [3.63, 3.8) is 0 Å². The number of carboxylic acid groups (broad SMARTS) is 1. The zero-order chi connectivity index (χ0) is 23.6. The Morgan fingerprint density at radius 1 is 1.25 bits per heavy atom. The average molecular weight is 441 g/mol. The van der Waals surface area contributed by atoms with E-state index in [1.54, 1.807) is 31.4 Å². The van der Waals surface area contributed by atoms with Gasteiger partial charge < -0.3 is 20.9 Å². The number of benzene rings is 1. The van der Waals surface area contributed by atoms with E-state index in [0.717, 1.165) is 5.56 Å². The summed E-state index contributed by atoms with van der Waals surface area (Å²) in [6.07, 6.45) is 0.608. The molecule has 1 aliphatic rings. The van der Waals surface area contributed by atoms with Gasteiger partial charge in [-0.05, 0) is 47.2 Å². The molecule has 0 bridgehead atoms. The lowest BCUT2D eigenvalue weighted by Gasteiger charge is -2.38. The first kappa shape index (κ1) is 23.1. The van der Waals surface area contributed by atoms with E-state index in [0.29, 0.717) is 11.3 Å². The van der Waals surface area contributed by atoms with E-state index in [1.807, 2.05) is 32.9 Å². The van der Waals surface area contributed by atoms with E-state index in [4.69, 9.17) is 10.5 Å². The molecule has 2 heterocycles. The Hall–Kier alpha value is -3.62. The number of hydrogen-bond acceptors (Lipinski definition) is 5. The van der Waals surface area contributed by atoms with Crippen LogP contribution in [0, 0.1) is 11.3 Å². The van der Waals surface area contributed by atoms with Crippen molar-refractivity contribution in [2.75, 3.05) is 12.0 Å². The van der Waals surface area contributed by atoms with Gasteiger partial charge in [-0.1, -0.05) is 32.9 Å². The summed E-state index contributed by atoms with van der Waals surface area (Å²) in [5, 5.41) is 12.6. The number of primary amides is 1. The standard InChI is InChI=1S/C23H28N4O5/c1-23(2,3)19(14-5-7-15(32-4)8-6-14)27(22(30)31)17-12-13(9-10-25-17)11-16-18(20(24)28)26-21(16)29/h5-10,12,16,18-19H,11H2,1-4H3,(H2,24,28)(H,26,29)(H,30,31)/t16-,18+,19?/m1/s1. The Balaban J connectivity index is 1.97. The van der Waals surface area contributed by atoms with Gasteiger partial charge in [0, 0.05) is 6.20 Å². The highest BCUT2D eigenvalue weighted by atomic mass is 16.5. The number of carbonyl (C=O) groups excluding carboxylic acids is 2. The highest BCUT2D eigenvalue weighted by Gasteiger charge is 2.43. The van der Waals surface area contributed by atoms with Gasteiger partial charge in [0.25, 0.3) is 0 Å². The average Bonchev–Trinajstić information content (AvgIpc) is 2.73. The molecule has 1 aliphatic heterocycles. The van der Waals surface area contributed by atoms with E-state index in [2.05, 4.69) is 10.3 Å². The lowest BCUT2D eigenvalue weighted by molar-refractivity contribution is -0.142. The van der Waals surface area contributed by atoms with Crippen molar-refractivity contribution in [2.45, 2.75) is 39.3 Å². The molecule has 3 atom stereocenters. The normalized spacial score (nSPS) is 18.8. The first-order valence-electron chi connectivity index (χ1n) is 10.2. The number of carbonyl (C=O) groups is 3. The molecule has 0 spiro atoms. The van der Waals surface area contributed by atoms with E-state index in [1.165, 1.54) is 11.1 Å². The number of nitrogens with zero attached hydrogens (tertiary/aromatic N) is 2. The molecule has 1 unspecified atom stereocenters. The van der Waals surface area contributed by atoms with Crippen LogP contribution in [0.25, 0.3) is 0 Å². The van der Waals surface area contributed by atoms with Crippen LogP contribution in [0.3, 0.4) is 0 Å². The Bertz CT molecular complexity index is 1020. The lowest BCUT2D eigenvalue weighted by atomic mass is 9.81. The Labute approximate surface area is 186 Å². The van der Waals surface area contributed by atoms with Crippen molar-refractivity contribution in [2.24, 2.45) is 17.1 Å². The molecule has 1 fully saturated rings. The Kier molecular flexibility index (Phi) is 6.38. The second-order valence-electron chi connectivity index (χ2n) is 8.92. The van der Waals surface area contributed by atoms with Crippen LogP contribution in [0.5, 0.6) is 5.75 Å². The summed E-state index contributed by atoms with van der Waals surface area (Å²) >= 11 is 0. The predicted molar refractivity (Wildman–Crippen MR) is 118 cm³/mol. The third-order valence-corrected chi connectivity index (χ3v) is 5.57. The highest BCUT2D eigenvalue weighted by Crippen LogP contribution is 2.41. The Morgan fingerprint density at radius 2 is 1.91 bits per heavy atom. The minimum atomic E-state index is -1.15. The number of methoxy groups -OCH3 is 1. The molecule has 32 heavy (non-hydrogen) atoms. The fourth-order valence-corrected chi connectivity index (χ4v) is 4.03. The van der Waals surface area contributed by atoms with Gasteiger partial charge in [0.15, 0.2) is 0 Å². The number of nitrogens with one attached hydrogen (secondary N) is 1. The van der Waals surface area contributed by atoms with Crippen LogP contribution in [0.2, 0.25) is 0 Å². The van der Waals surface area contributed by atoms with Crippen LogP contribution in [-0.4, -0.2) is 41.1 Å². The van der Waals surface area contributed by atoms with Crippen molar-refractivity contribution in [3.05, 3.63) is 53.7 Å². The molecule has 170 valence electrons. The summed E-state index contributed by atoms with van der Waals surface area (Å²) in [5.41, 5.74) is 6.35. The number of pyridine rings is 1. The molecule has 3 rings (SSSR count). The van der Waals surface area contributed by atoms with E-state index < -0.39 is 35.4 Å². The third kappa shape index (κ3) is 4.66. The topological polar surface area (TPSA) is 135 Å². The Morgan fingerprint density at radius 3 is 2.41 bits per heavy atom. The van der Waals surface area contributed by atoms with Crippen molar-refractivity contribution in [3.8, 4) is 5.75 Å². The van der Waals surface area contributed by atoms with E-state index >= 15 is 0 Å². The maximum absolute atomic E-state index is 12.4. The molecule has 9 nitrogen and oxygen atoms in total. The van der Waals surface area contributed by atoms with Crippen molar-refractivity contribution < 1.29 is 24.2 Å². The smallest absolute Gasteiger partial charge is 0.413 e. The van der Waals surface area contributed by atoms with Crippen LogP contribution in [0.15, 0.2) is 42.6 Å². The van der Waals surface area contributed by atoms with Gasteiger partial charge in [0.2, 0.25) is 11.8 Å². The number of anilines is 1. The van der Waals surface area contributed by atoms with Crippen LogP contribution < -0.4 is 20.7 Å². The maximum atomic E-state index is 12.4. The first-order chi connectivity index (χ1) is 15.0. The number of amides is 3. The molecule has 9 heteroatoms.